The molecule has 0 saturated carbocycles. The third kappa shape index (κ3) is 2.93. The van der Waals surface area contributed by atoms with Gasteiger partial charge < -0.3 is 5.73 Å². The molecule has 0 aromatic heterocycles. The largest absolute Gasteiger partial charge is 0.397 e. The molecule has 0 radical (unpaired) electrons. The van der Waals surface area contributed by atoms with Gasteiger partial charge in [0.1, 0.15) is 0 Å². The number of hydrogen-bond acceptors (Lipinski definition) is 3. The lowest BCUT2D eigenvalue weighted by Crippen LogP contribution is -2.21. The molecule has 0 atom stereocenters. The van der Waals surface area contributed by atoms with Crippen LogP contribution in [0, 0.1) is 0 Å². The number of sulfonamides is 1. The van der Waals surface area contributed by atoms with Gasteiger partial charge in [0.2, 0.25) is 0 Å². The summed E-state index contributed by atoms with van der Waals surface area (Å²) >= 11 is 5.55. The summed E-state index contributed by atoms with van der Waals surface area (Å²) in [5.74, 6) is -3.52. The average molecular weight is 257 g/mol. The zero-order chi connectivity index (χ0) is 11.6. The van der Waals surface area contributed by atoms with Crippen molar-refractivity contribution in [3.05, 3.63) is 23.2 Å². The highest BCUT2D eigenvalue weighted by molar-refractivity contribution is 7.93. The van der Waals surface area contributed by atoms with Gasteiger partial charge in [0, 0.05) is 5.02 Å². The van der Waals surface area contributed by atoms with Crippen LogP contribution in [0.1, 0.15) is 0 Å². The Bertz CT molecular complexity index is 464. The van der Waals surface area contributed by atoms with Crippen LogP contribution in [0.2, 0.25) is 5.02 Å². The van der Waals surface area contributed by atoms with Gasteiger partial charge in [-0.3, -0.25) is 4.72 Å². The fourth-order valence-electron chi connectivity index (χ4n) is 0.815. The van der Waals surface area contributed by atoms with E-state index in [1.54, 1.807) is 4.72 Å². The van der Waals surface area contributed by atoms with E-state index in [1.807, 2.05) is 0 Å². The first-order valence-corrected chi connectivity index (χ1v) is 5.60. The lowest BCUT2D eigenvalue weighted by atomic mass is 10.3. The fourth-order valence-corrected chi connectivity index (χ4v) is 1.56. The van der Waals surface area contributed by atoms with Gasteiger partial charge in [-0.1, -0.05) is 11.6 Å². The second kappa shape index (κ2) is 4.19. The minimum atomic E-state index is -4.71. The van der Waals surface area contributed by atoms with Crippen LogP contribution in [-0.2, 0) is 10.0 Å². The highest BCUT2D eigenvalue weighted by Gasteiger charge is 2.24. The second-order valence-corrected chi connectivity index (χ2v) is 4.73. The zero-order valence-electron chi connectivity index (χ0n) is 7.25. The number of nitrogens with two attached hydrogens (primary N) is 1. The van der Waals surface area contributed by atoms with Crippen LogP contribution < -0.4 is 10.5 Å². The predicted octanol–water partition coefficient (Wildman–Crippen LogP) is 1.89. The van der Waals surface area contributed by atoms with E-state index >= 15 is 0 Å². The molecule has 0 aliphatic rings. The molecule has 0 bridgehead atoms. The minimum Gasteiger partial charge on any atom is -0.397 e. The van der Waals surface area contributed by atoms with Crippen molar-refractivity contribution in [2.45, 2.75) is 5.76 Å². The quantitative estimate of drug-likeness (QED) is 0.811. The normalized spacial score (nSPS) is 11.7. The highest BCUT2D eigenvalue weighted by Crippen LogP contribution is 2.24. The lowest BCUT2D eigenvalue weighted by Gasteiger charge is -2.09. The van der Waals surface area contributed by atoms with E-state index in [0.717, 1.165) is 6.07 Å². The number of rotatable bonds is 3. The molecule has 1 aromatic carbocycles. The molecule has 15 heavy (non-hydrogen) atoms. The van der Waals surface area contributed by atoms with Gasteiger partial charge >= 0.3 is 5.76 Å². The number of halogens is 3. The molecule has 84 valence electrons. The maximum absolute atomic E-state index is 12.0. The summed E-state index contributed by atoms with van der Waals surface area (Å²) in [7, 11) is -4.71. The van der Waals surface area contributed by atoms with Gasteiger partial charge in [0.05, 0.1) is 11.4 Å². The Labute approximate surface area is 90.1 Å². The Balaban J connectivity index is 3.05. The maximum Gasteiger partial charge on any atom is 0.355 e. The topological polar surface area (TPSA) is 72.2 Å². The van der Waals surface area contributed by atoms with Crippen LogP contribution in [-0.4, -0.2) is 14.2 Å². The van der Waals surface area contributed by atoms with Crippen LogP contribution in [0.25, 0.3) is 0 Å². The first kappa shape index (κ1) is 12.0. The summed E-state index contributed by atoms with van der Waals surface area (Å²) in [6.07, 6.45) is 0. The standard InChI is InChI=1S/C7H7ClF2N2O2S/c8-4-1-2-5(11)6(3-4)12-15(13,14)7(9)10/h1-3,7,12H,11H2. The van der Waals surface area contributed by atoms with E-state index in [9.17, 15) is 17.2 Å². The summed E-state index contributed by atoms with van der Waals surface area (Å²) in [6.45, 7) is 0. The first-order valence-electron chi connectivity index (χ1n) is 3.68. The summed E-state index contributed by atoms with van der Waals surface area (Å²) in [4.78, 5) is 0. The van der Waals surface area contributed by atoms with Gasteiger partial charge in [-0.25, -0.2) is 8.42 Å². The van der Waals surface area contributed by atoms with Crippen LogP contribution in [0.4, 0.5) is 20.2 Å². The van der Waals surface area contributed by atoms with Crippen molar-refractivity contribution in [2.75, 3.05) is 10.5 Å². The molecule has 1 aromatic rings. The van der Waals surface area contributed by atoms with E-state index in [1.165, 1.54) is 12.1 Å². The third-order valence-electron chi connectivity index (χ3n) is 1.50. The lowest BCUT2D eigenvalue weighted by molar-refractivity contribution is 0.236. The van der Waals surface area contributed by atoms with Crippen molar-refractivity contribution < 1.29 is 17.2 Å². The number of nitrogen functional groups attached to an aromatic ring is 1. The summed E-state index contributed by atoms with van der Waals surface area (Å²) in [5, 5.41) is 0.191. The SMILES string of the molecule is Nc1ccc(Cl)cc1NS(=O)(=O)C(F)F. The Morgan fingerprint density at radius 3 is 2.53 bits per heavy atom. The Hall–Kier alpha value is -1.08. The Morgan fingerprint density at radius 1 is 1.40 bits per heavy atom. The Morgan fingerprint density at radius 2 is 2.00 bits per heavy atom. The monoisotopic (exact) mass is 256 g/mol. The second-order valence-electron chi connectivity index (χ2n) is 2.64. The molecule has 0 aliphatic heterocycles. The number of hydrogen-bond donors (Lipinski definition) is 2. The van der Waals surface area contributed by atoms with Crippen molar-refractivity contribution in [3.63, 3.8) is 0 Å². The predicted molar refractivity (Wildman–Crippen MR) is 54.4 cm³/mol. The van der Waals surface area contributed by atoms with Crippen LogP contribution in [0.5, 0.6) is 0 Å². The van der Waals surface area contributed by atoms with Crippen molar-refractivity contribution in [2.24, 2.45) is 0 Å². The van der Waals surface area contributed by atoms with E-state index in [0.29, 0.717) is 0 Å². The molecule has 0 unspecified atom stereocenters. The van der Waals surface area contributed by atoms with Crippen LogP contribution >= 0.6 is 11.6 Å². The smallest absolute Gasteiger partial charge is 0.355 e. The molecular weight excluding hydrogens is 250 g/mol. The fraction of sp³-hybridized carbons (Fsp3) is 0.143. The molecule has 8 heteroatoms. The zero-order valence-corrected chi connectivity index (χ0v) is 8.82. The summed E-state index contributed by atoms with van der Waals surface area (Å²) < 4.78 is 47.3. The molecule has 0 saturated heterocycles. The van der Waals surface area contributed by atoms with Crippen molar-refractivity contribution in [1.29, 1.82) is 0 Å². The maximum atomic E-state index is 12.0. The molecule has 0 aliphatic carbocycles. The van der Waals surface area contributed by atoms with E-state index in [2.05, 4.69) is 0 Å². The summed E-state index contributed by atoms with van der Waals surface area (Å²) in [5.41, 5.74) is 5.22. The molecule has 3 N–H and O–H groups in total. The van der Waals surface area contributed by atoms with Gasteiger partial charge in [-0.2, -0.15) is 8.78 Å². The molecule has 0 heterocycles. The Kier molecular flexibility index (Phi) is 3.35. The molecule has 0 amide bonds. The number of alkyl halides is 2. The third-order valence-corrected chi connectivity index (χ3v) is 2.71. The number of benzene rings is 1. The minimum absolute atomic E-state index is 0.0172. The number of anilines is 2. The van der Waals surface area contributed by atoms with Gasteiger partial charge in [-0.15, -0.1) is 0 Å². The van der Waals surface area contributed by atoms with Crippen LogP contribution in [0.15, 0.2) is 18.2 Å². The first-order chi connectivity index (χ1) is 6.83. The summed E-state index contributed by atoms with van der Waals surface area (Å²) in [6, 6.07) is 3.87. The van der Waals surface area contributed by atoms with E-state index in [4.69, 9.17) is 17.3 Å². The molecule has 1 rings (SSSR count). The van der Waals surface area contributed by atoms with E-state index in [-0.39, 0.29) is 16.4 Å². The molecule has 4 nitrogen and oxygen atoms in total. The van der Waals surface area contributed by atoms with Gasteiger partial charge in [-0.05, 0) is 18.2 Å². The van der Waals surface area contributed by atoms with Crippen LogP contribution in [0.3, 0.4) is 0 Å². The van der Waals surface area contributed by atoms with Gasteiger partial charge in [0.15, 0.2) is 0 Å². The van der Waals surface area contributed by atoms with Crippen molar-refractivity contribution in [3.8, 4) is 0 Å². The van der Waals surface area contributed by atoms with E-state index < -0.39 is 15.8 Å². The van der Waals surface area contributed by atoms with Crippen molar-refractivity contribution >= 4 is 33.0 Å². The highest BCUT2D eigenvalue weighted by atomic mass is 35.5. The molecule has 0 spiro atoms. The van der Waals surface area contributed by atoms with Crippen molar-refractivity contribution in [1.82, 2.24) is 0 Å². The average Bonchev–Trinajstić information content (AvgIpc) is 2.10. The molecular formula is C7H7ClF2N2O2S. The molecule has 0 fully saturated rings. The number of nitrogens with one attached hydrogen (secondary N) is 1. The van der Waals surface area contributed by atoms with Gasteiger partial charge in [0.25, 0.3) is 10.0 Å².